The van der Waals surface area contributed by atoms with Crippen molar-refractivity contribution < 1.29 is 9.18 Å². The minimum absolute atomic E-state index is 0.0961. The number of urea groups is 1. The number of hydrogen-bond acceptors (Lipinski definition) is 2. The fraction of sp³-hybridized carbons (Fsp3) is 0.130. The molecule has 2 aromatic heterocycles. The number of pyridine rings is 1. The second-order valence-corrected chi connectivity index (χ2v) is 6.87. The van der Waals surface area contributed by atoms with Crippen LogP contribution in [0.3, 0.4) is 0 Å². The number of aromatic nitrogens is 2. The van der Waals surface area contributed by atoms with Crippen LogP contribution >= 0.6 is 0 Å². The summed E-state index contributed by atoms with van der Waals surface area (Å²) in [5.74, 6) is -0.568. The van der Waals surface area contributed by atoms with Crippen molar-refractivity contribution in [1.82, 2.24) is 14.9 Å². The molecule has 0 radical (unpaired) electrons. The van der Waals surface area contributed by atoms with Gasteiger partial charge in [-0.05, 0) is 35.4 Å². The van der Waals surface area contributed by atoms with E-state index >= 15 is 0 Å². The molecule has 6 heteroatoms. The van der Waals surface area contributed by atoms with Gasteiger partial charge in [-0.3, -0.25) is 4.98 Å². The Kier molecular flexibility index (Phi) is 5.24. The number of hydrogen-bond donors (Lipinski definition) is 2. The van der Waals surface area contributed by atoms with Gasteiger partial charge < -0.3 is 15.2 Å². The van der Waals surface area contributed by atoms with Crippen LogP contribution in [0.4, 0.5) is 14.9 Å². The lowest BCUT2D eigenvalue weighted by atomic mass is 9.92. The van der Waals surface area contributed by atoms with Gasteiger partial charge in [0.05, 0.1) is 5.69 Å². The Morgan fingerprint density at radius 3 is 2.69 bits per heavy atom. The van der Waals surface area contributed by atoms with Crippen LogP contribution < -0.4 is 10.6 Å². The first-order chi connectivity index (χ1) is 14.1. The smallest absolute Gasteiger partial charge is 0.319 e. The second kappa shape index (κ2) is 8.14. The zero-order valence-corrected chi connectivity index (χ0v) is 16.0. The molecule has 2 amide bonds. The lowest BCUT2D eigenvalue weighted by Crippen LogP contribution is -2.33. The van der Waals surface area contributed by atoms with Gasteiger partial charge in [0, 0.05) is 49.0 Å². The second-order valence-electron chi connectivity index (χ2n) is 6.87. The Bertz CT molecular complexity index is 1140. The highest BCUT2D eigenvalue weighted by Crippen LogP contribution is 2.31. The van der Waals surface area contributed by atoms with E-state index in [-0.39, 0.29) is 11.6 Å². The molecule has 0 saturated heterocycles. The fourth-order valence-corrected chi connectivity index (χ4v) is 3.56. The lowest BCUT2D eigenvalue weighted by Gasteiger charge is -2.18. The number of carbonyl (C=O) groups excluding carboxylic acids is 1. The molecular weight excluding hydrogens is 367 g/mol. The first-order valence-electron chi connectivity index (χ1n) is 9.37. The van der Waals surface area contributed by atoms with Crippen LogP contribution in [0.1, 0.15) is 17.0 Å². The van der Waals surface area contributed by atoms with Gasteiger partial charge in [-0.1, -0.05) is 36.4 Å². The van der Waals surface area contributed by atoms with Crippen molar-refractivity contribution in [3.63, 3.8) is 0 Å². The largest absolute Gasteiger partial charge is 0.350 e. The van der Waals surface area contributed by atoms with Crippen LogP contribution in [-0.2, 0) is 7.05 Å². The number of fused-ring (bicyclic) bond motifs is 1. The van der Waals surface area contributed by atoms with E-state index in [1.807, 2.05) is 37.5 Å². The number of nitrogens with zero attached hydrogens (tertiary/aromatic N) is 2. The molecule has 0 bridgehead atoms. The first-order valence-corrected chi connectivity index (χ1v) is 9.37. The Balaban J connectivity index is 1.60. The van der Waals surface area contributed by atoms with Gasteiger partial charge in [-0.15, -0.1) is 0 Å². The summed E-state index contributed by atoms with van der Waals surface area (Å²) in [7, 11) is 2.00. The molecule has 0 unspecified atom stereocenters. The highest BCUT2D eigenvalue weighted by atomic mass is 19.1. The third-order valence-electron chi connectivity index (χ3n) is 4.98. The van der Waals surface area contributed by atoms with Crippen molar-refractivity contribution in [1.29, 1.82) is 0 Å². The van der Waals surface area contributed by atoms with E-state index in [9.17, 15) is 9.18 Å². The summed E-state index contributed by atoms with van der Waals surface area (Å²) in [5, 5.41) is 6.57. The molecule has 4 aromatic rings. The minimum Gasteiger partial charge on any atom is -0.350 e. The van der Waals surface area contributed by atoms with Crippen molar-refractivity contribution in [2.24, 2.45) is 7.05 Å². The predicted molar refractivity (Wildman–Crippen MR) is 112 cm³/mol. The summed E-state index contributed by atoms with van der Waals surface area (Å²) in [6.07, 6.45) is 5.61. The van der Waals surface area contributed by atoms with Crippen molar-refractivity contribution >= 4 is 22.6 Å². The van der Waals surface area contributed by atoms with E-state index in [2.05, 4.69) is 38.5 Å². The highest BCUT2D eigenvalue weighted by molar-refractivity contribution is 5.89. The van der Waals surface area contributed by atoms with Crippen molar-refractivity contribution in [2.45, 2.75) is 5.92 Å². The SMILES string of the molecule is Cn1cc([C@@H](CNC(=O)Nc2ccccc2F)c2cccnc2)c2ccccc21. The van der Waals surface area contributed by atoms with Gasteiger partial charge in [0.1, 0.15) is 5.82 Å². The van der Waals surface area contributed by atoms with Crippen molar-refractivity contribution in [2.75, 3.05) is 11.9 Å². The number of amides is 2. The number of halogens is 1. The summed E-state index contributed by atoms with van der Waals surface area (Å²) in [6.45, 7) is 0.347. The molecule has 5 nitrogen and oxygen atoms in total. The van der Waals surface area contributed by atoms with Crippen LogP contribution in [0.5, 0.6) is 0 Å². The molecule has 2 heterocycles. The fourth-order valence-electron chi connectivity index (χ4n) is 3.56. The molecule has 146 valence electrons. The molecule has 29 heavy (non-hydrogen) atoms. The number of benzene rings is 2. The molecule has 0 aliphatic rings. The molecule has 1 atom stereocenters. The minimum atomic E-state index is -0.472. The van der Waals surface area contributed by atoms with E-state index in [0.29, 0.717) is 6.54 Å². The van der Waals surface area contributed by atoms with Crippen LogP contribution in [0.15, 0.2) is 79.3 Å². The van der Waals surface area contributed by atoms with Gasteiger partial charge in [-0.2, -0.15) is 0 Å². The van der Waals surface area contributed by atoms with Gasteiger partial charge in [0.15, 0.2) is 0 Å². The number of para-hydroxylation sites is 2. The average Bonchev–Trinajstić information content (AvgIpc) is 3.07. The molecule has 4 rings (SSSR count). The summed E-state index contributed by atoms with van der Waals surface area (Å²) >= 11 is 0. The summed E-state index contributed by atoms with van der Waals surface area (Å²) in [4.78, 5) is 16.6. The van der Waals surface area contributed by atoms with Gasteiger partial charge in [-0.25, -0.2) is 9.18 Å². The lowest BCUT2D eigenvalue weighted by molar-refractivity contribution is 0.251. The Labute approximate surface area is 168 Å². The topological polar surface area (TPSA) is 59.0 Å². The van der Waals surface area contributed by atoms with Crippen molar-refractivity contribution in [3.05, 3.63) is 96.2 Å². The third-order valence-corrected chi connectivity index (χ3v) is 4.98. The molecule has 0 saturated carbocycles. The normalized spacial score (nSPS) is 11.9. The maximum Gasteiger partial charge on any atom is 0.319 e. The number of aryl methyl sites for hydroxylation is 1. The highest BCUT2D eigenvalue weighted by Gasteiger charge is 2.20. The Morgan fingerprint density at radius 1 is 1.10 bits per heavy atom. The number of carbonyl (C=O) groups is 1. The van der Waals surface area contributed by atoms with Crippen molar-refractivity contribution in [3.8, 4) is 0 Å². The van der Waals surface area contributed by atoms with Crippen LogP contribution in [0.25, 0.3) is 10.9 Å². The Morgan fingerprint density at radius 2 is 1.90 bits per heavy atom. The molecular formula is C23H21FN4O. The molecule has 0 aliphatic carbocycles. The summed E-state index contributed by atoms with van der Waals surface area (Å²) in [6, 6.07) is 17.7. The van der Waals surface area contributed by atoms with Crippen LogP contribution in [-0.4, -0.2) is 22.1 Å². The number of anilines is 1. The Hall–Kier alpha value is -3.67. The zero-order valence-electron chi connectivity index (χ0n) is 16.0. The monoisotopic (exact) mass is 388 g/mol. The molecule has 2 N–H and O–H groups in total. The van der Waals surface area contributed by atoms with E-state index in [1.54, 1.807) is 18.3 Å². The summed E-state index contributed by atoms with van der Waals surface area (Å²) in [5.41, 5.74) is 3.36. The standard InChI is InChI=1S/C23H21FN4O/c1-28-15-19(17-8-2-5-11-22(17)28)18(16-7-6-12-25-13-16)14-26-23(29)27-21-10-4-3-9-20(21)24/h2-13,15,18H,14H2,1H3,(H2,26,27,29)/t18-/m0/s1. The molecule has 2 aromatic carbocycles. The zero-order chi connectivity index (χ0) is 20.2. The van der Waals surface area contributed by atoms with E-state index in [1.165, 1.54) is 12.1 Å². The average molecular weight is 388 g/mol. The van der Waals surface area contributed by atoms with Crippen LogP contribution in [0.2, 0.25) is 0 Å². The summed E-state index contributed by atoms with van der Waals surface area (Å²) < 4.78 is 15.9. The van der Waals surface area contributed by atoms with Crippen LogP contribution in [0, 0.1) is 5.82 Å². The third kappa shape index (κ3) is 3.96. The predicted octanol–water partition coefficient (Wildman–Crippen LogP) is 4.67. The quantitative estimate of drug-likeness (QED) is 0.522. The number of nitrogens with one attached hydrogen (secondary N) is 2. The van der Waals surface area contributed by atoms with Gasteiger partial charge in [0.25, 0.3) is 0 Å². The number of rotatable bonds is 5. The molecule has 0 fully saturated rings. The maximum atomic E-state index is 13.8. The maximum absolute atomic E-state index is 13.8. The van der Waals surface area contributed by atoms with Gasteiger partial charge >= 0.3 is 6.03 Å². The van der Waals surface area contributed by atoms with E-state index in [0.717, 1.165) is 22.0 Å². The van der Waals surface area contributed by atoms with Gasteiger partial charge in [0.2, 0.25) is 0 Å². The van der Waals surface area contributed by atoms with E-state index < -0.39 is 11.8 Å². The van der Waals surface area contributed by atoms with E-state index in [4.69, 9.17) is 0 Å². The first kappa shape index (κ1) is 18.7. The molecule has 0 aliphatic heterocycles. The molecule has 0 spiro atoms.